The largest absolute Gasteiger partial charge is 0.458 e. The van der Waals surface area contributed by atoms with Gasteiger partial charge in [-0.1, -0.05) is 32.0 Å². The number of hydrazine groups is 1. The summed E-state index contributed by atoms with van der Waals surface area (Å²) in [5.74, 6) is 7.91. The molecule has 0 unspecified atom stereocenters. The molecule has 0 aromatic heterocycles. The van der Waals surface area contributed by atoms with E-state index in [0.29, 0.717) is 5.92 Å². The van der Waals surface area contributed by atoms with Gasteiger partial charge in [0.25, 0.3) is 0 Å². The Labute approximate surface area is 120 Å². The van der Waals surface area contributed by atoms with Crippen molar-refractivity contribution in [2.24, 2.45) is 11.8 Å². The van der Waals surface area contributed by atoms with E-state index in [-0.39, 0.29) is 0 Å². The third kappa shape index (κ3) is 4.00. The molecule has 0 radical (unpaired) electrons. The van der Waals surface area contributed by atoms with Crippen LogP contribution in [0.2, 0.25) is 0 Å². The van der Waals surface area contributed by atoms with E-state index in [2.05, 4.69) is 25.3 Å². The zero-order valence-electron chi connectivity index (χ0n) is 12.1. The number of benzene rings is 1. The van der Waals surface area contributed by atoms with Crippen molar-refractivity contribution >= 4 is 0 Å². The number of hydrogen-bond donors (Lipinski definition) is 2. The molecule has 0 spiro atoms. The van der Waals surface area contributed by atoms with Gasteiger partial charge in [-0.2, -0.15) is 0 Å². The lowest BCUT2D eigenvalue weighted by atomic mass is 9.99. The lowest BCUT2D eigenvalue weighted by Crippen LogP contribution is -2.21. The summed E-state index contributed by atoms with van der Waals surface area (Å²) in [6, 6.07) is 9.80. The fourth-order valence-electron chi connectivity index (χ4n) is 2.22. The molecule has 3 nitrogen and oxygen atoms in total. The molecule has 0 saturated carbocycles. The molecule has 0 heterocycles. The fraction of sp³-hybridized carbons (Fsp3) is 0.294. The first-order chi connectivity index (χ1) is 9.69. The summed E-state index contributed by atoms with van der Waals surface area (Å²) in [7, 11) is 0. The highest BCUT2D eigenvalue weighted by atomic mass is 16.5. The van der Waals surface area contributed by atoms with Gasteiger partial charge in [0.1, 0.15) is 11.5 Å². The zero-order chi connectivity index (χ0) is 14.4. The summed E-state index contributed by atoms with van der Waals surface area (Å²) in [5, 5.41) is 0. The SMILES string of the molecule is CC(C)CC1=C(NN)C=CC(Oc2ccccc2)=CC1. The molecule has 1 aromatic carbocycles. The van der Waals surface area contributed by atoms with Crippen molar-refractivity contribution < 1.29 is 4.74 Å². The molecule has 1 aromatic rings. The summed E-state index contributed by atoms with van der Waals surface area (Å²) < 4.78 is 5.86. The summed E-state index contributed by atoms with van der Waals surface area (Å²) >= 11 is 0. The van der Waals surface area contributed by atoms with Crippen LogP contribution in [0, 0.1) is 5.92 Å². The van der Waals surface area contributed by atoms with Crippen LogP contribution in [-0.2, 0) is 0 Å². The van der Waals surface area contributed by atoms with Crippen LogP contribution < -0.4 is 16.0 Å². The maximum Gasteiger partial charge on any atom is 0.127 e. The average Bonchev–Trinajstić information content (AvgIpc) is 2.62. The highest BCUT2D eigenvalue weighted by molar-refractivity contribution is 5.35. The van der Waals surface area contributed by atoms with Gasteiger partial charge in [0.2, 0.25) is 0 Å². The molecule has 3 heteroatoms. The lowest BCUT2D eigenvalue weighted by molar-refractivity contribution is 0.442. The molecule has 1 aliphatic carbocycles. The molecule has 0 amide bonds. The first-order valence-electron chi connectivity index (χ1n) is 6.99. The highest BCUT2D eigenvalue weighted by Crippen LogP contribution is 2.24. The maximum absolute atomic E-state index is 5.86. The monoisotopic (exact) mass is 270 g/mol. The van der Waals surface area contributed by atoms with Gasteiger partial charge in [-0.15, -0.1) is 0 Å². The number of allylic oxidation sites excluding steroid dienone is 4. The third-order valence-corrected chi connectivity index (χ3v) is 3.13. The quantitative estimate of drug-likeness (QED) is 0.634. The van der Waals surface area contributed by atoms with Gasteiger partial charge in [0.05, 0.1) is 0 Å². The van der Waals surface area contributed by atoms with Gasteiger partial charge in [-0.25, -0.2) is 0 Å². The fourth-order valence-corrected chi connectivity index (χ4v) is 2.22. The molecule has 0 fully saturated rings. The number of nitrogens with two attached hydrogens (primary N) is 1. The number of nitrogens with one attached hydrogen (secondary N) is 1. The van der Waals surface area contributed by atoms with Crippen LogP contribution in [0.1, 0.15) is 26.7 Å². The van der Waals surface area contributed by atoms with Crippen molar-refractivity contribution in [2.75, 3.05) is 0 Å². The number of rotatable bonds is 5. The van der Waals surface area contributed by atoms with Crippen LogP contribution in [0.25, 0.3) is 0 Å². The van der Waals surface area contributed by atoms with Crippen LogP contribution in [0.3, 0.4) is 0 Å². The Balaban J connectivity index is 2.11. The van der Waals surface area contributed by atoms with Crippen LogP contribution in [-0.4, -0.2) is 0 Å². The lowest BCUT2D eigenvalue weighted by Gasteiger charge is -2.12. The summed E-state index contributed by atoms with van der Waals surface area (Å²) in [6.45, 7) is 4.42. The van der Waals surface area contributed by atoms with E-state index in [0.717, 1.165) is 30.0 Å². The third-order valence-electron chi connectivity index (χ3n) is 3.13. The van der Waals surface area contributed by atoms with Crippen molar-refractivity contribution in [1.82, 2.24) is 5.43 Å². The van der Waals surface area contributed by atoms with Gasteiger partial charge < -0.3 is 10.2 Å². The van der Waals surface area contributed by atoms with Crippen LogP contribution >= 0.6 is 0 Å². The molecule has 0 bridgehead atoms. The van der Waals surface area contributed by atoms with Gasteiger partial charge in [-0.05, 0) is 54.7 Å². The van der Waals surface area contributed by atoms with E-state index in [1.807, 2.05) is 42.5 Å². The number of para-hydroxylation sites is 1. The van der Waals surface area contributed by atoms with Crippen molar-refractivity contribution in [3.63, 3.8) is 0 Å². The Hall–Kier alpha value is -2.00. The predicted octanol–water partition coefficient (Wildman–Crippen LogP) is 3.67. The van der Waals surface area contributed by atoms with E-state index >= 15 is 0 Å². The van der Waals surface area contributed by atoms with Gasteiger partial charge in [0, 0.05) is 5.70 Å². The van der Waals surface area contributed by atoms with Crippen LogP contribution in [0.4, 0.5) is 0 Å². The standard InChI is InChI=1S/C17H22N2O/c1-13(2)12-14-8-9-16(10-11-17(14)19-18)20-15-6-4-3-5-7-15/h3-7,9-11,13,19H,8,12,18H2,1-2H3. The molecular weight excluding hydrogens is 248 g/mol. The van der Waals surface area contributed by atoms with Crippen molar-refractivity contribution in [1.29, 1.82) is 0 Å². The smallest absolute Gasteiger partial charge is 0.127 e. The second kappa shape index (κ2) is 6.96. The van der Waals surface area contributed by atoms with E-state index < -0.39 is 0 Å². The van der Waals surface area contributed by atoms with Crippen molar-refractivity contribution in [3.05, 3.63) is 65.6 Å². The van der Waals surface area contributed by atoms with Crippen molar-refractivity contribution in [3.8, 4) is 5.75 Å². The molecule has 1 aliphatic rings. The second-order valence-corrected chi connectivity index (χ2v) is 5.32. The Kier molecular flexibility index (Phi) is 5.02. The Morgan fingerprint density at radius 2 is 1.95 bits per heavy atom. The van der Waals surface area contributed by atoms with Crippen molar-refractivity contribution in [2.45, 2.75) is 26.7 Å². The molecule has 0 aliphatic heterocycles. The molecule has 0 saturated heterocycles. The molecular formula is C17H22N2O. The van der Waals surface area contributed by atoms with Crippen LogP contribution in [0.5, 0.6) is 5.75 Å². The van der Waals surface area contributed by atoms with Crippen LogP contribution in [0.15, 0.2) is 65.6 Å². The summed E-state index contributed by atoms with van der Waals surface area (Å²) in [6.07, 6.45) is 7.92. The Bertz CT molecular complexity index is 527. The maximum atomic E-state index is 5.86. The minimum absolute atomic E-state index is 0.603. The Morgan fingerprint density at radius 3 is 2.60 bits per heavy atom. The zero-order valence-corrected chi connectivity index (χ0v) is 12.1. The summed E-state index contributed by atoms with van der Waals surface area (Å²) in [5.41, 5.74) is 5.09. The topological polar surface area (TPSA) is 47.3 Å². The van der Waals surface area contributed by atoms with Gasteiger partial charge >= 0.3 is 0 Å². The van der Waals surface area contributed by atoms with E-state index in [9.17, 15) is 0 Å². The number of ether oxygens (including phenoxy) is 1. The first-order valence-corrected chi connectivity index (χ1v) is 6.99. The van der Waals surface area contributed by atoms with Gasteiger partial charge in [-0.3, -0.25) is 5.84 Å². The van der Waals surface area contributed by atoms with E-state index in [4.69, 9.17) is 10.6 Å². The molecule has 106 valence electrons. The average molecular weight is 270 g/mol. The first kappa shape index (κ1) is 14.4. The number of hydrogen-bond acceptors (Lipinski definition) is 3. The van der Waals surface area contributed by atoms with E-state index in [1.54, 1.807) is 0 Å². The summed E-state index contributed by atoms with van der Waals surface area (Å²) in [4.78, 5) is 0. The van der Waals surface area contributed by atoms with Gasteiger partial charge in [0.15, 0.2) is 0 Å². The molecule has 20 heavy (non-hydrogen) atoms. The minimum atomic E-state index is 0.603. The second-order valence-electron chi connectivity index (χ2n) is 5.32. The Morgan fingerprint density at radius 1 is 1.20 bits per heavy atom. The molecule has 0 atom stereocenters. The van der Waals surface area contributed by atoms with E-state index in [1.165, 1.54) is 5.57 Å². The minimum Gasteiger partial charge on any atom is -0.458 e. The predicted molar refractivity (Wildman–Crippen MR) is 82.7 cm³/mol. The normalized spacial score (nSPS) is 15.1. The molecule has 2 rings (SSSR count). The molecule has 3 N–H and O–H groups in total. The highest BCUT2D eigenvalue weighted by Gasteiger charge is 2.10.